The molecule has 6 heteroatoms. The van der Waals surface area contributed by atoms with Crippen molar-refractivity contribution < 1.29 is 4.79 Å². The lowest BCUT2D eigenvalue weighted by Gasteiger charge is -2.34. The molecule has 122 valence electrons. The molecule has 24 heavy (non-hydrogen) atoms. The maximum Gasteiger partial charge on any atom is 0.290 e. The van der Waals surface area contributed by atoms with Crippen LogP contribution in [0, 0.1) is 6.92 Å². The summed E-state index contributed by atoms with van der Waals surface area (Å²) >= 11 is 6.09. The van der Waals surface area contributed by atoms with Gasteiger partial charge in [-0.25, -0.2) is 4.98 Å². The van der Waals surface area contributed by atoms with E-state index in [9.17, 15) is 4.79 Å². The van der Waals surface area contributed by atoms with Gasteiger partial charge in [0.2, 0.25) is 0 Å². The normalized spacial score (nSPS) is 17.1. The highest BCUT2D eigenvalue weighted by molar-refractivity contribution is 6.31. The number of pyridine rings is 1. The Morgan fingerprint density at radius 3 is 3.08 bits per heavy atom. The molecule has 0 aliphatic carbocycles. The lowest BCUT2D eigenvalue weighted by molar-refractivity contribution is 0.0665. The minimum absolute atomic E-state index is 0.0205. The quantitative estimate of drug-likeness (QED) is 0.735. The SMILES string of the molecule is Cc1cc(Cl)cc2[nH]c(C(=O)N3CCc4ncccc4[C@H]3C)nc12. The smallest absolute Gasteiger partial charge is 0.290 e. The summed E-state index contributed by atoms with van der Waals surface area (Å²) in [7, 11) is 0. The Balaban J connectivity index is 1.71. The van der Waals surface area contributed by atoms with Crippen LogP contribution in [0.25, 0.3) is 11.0 Å². The third-order valence-electron chi connectivity index (χ3n) is 4.64. The number of carbonyl (C=O) groups excluding carboxylic acids is 1. The summed E-state index contributed by atoms with van der Waals surface area (Å²) in [5, 5.41) is 0.633. The Bertz CT molecular complexity index is 949. The van der Waals surface area contributed by atoms with Gasteiger partial charge < -0.3 is 9.88 Å². The van der Waals surface area contributed by atoms with Crippen molar-refractivity contribution in [3.05, 3.63) is 58.1 Å². The lowest BCUT2D eigenvalue weighted by atomic mass is 9.98. The first-order valence-corrected chi connectivity index (χ1v) is 8.33. The average molecular weight is 341 g/mol. The monoisotopic (exact) mass is 340 g/mol. The molecule has 3 aromatic rings. The van der Waals surface area contributed by atoms with Crippen molar-refractivity contribution in [1.29, 1.82) is 0 Å². The van der Waals surface area contributed by atoms with E-state index in [4.69, 9.17) is 11.6 Å². The zero-order valence-corrected chi connectivity index (χ0v) is 14.3. The highest BCUT2D eigenvalue weighted by atomic mass is 35.5. The second-order valence-electron chi connectivity index (χ2n) is 6.17. The molecule has 0 fully saturated rings. The van der Waals surface area contributed by atoms with E-state index in [0.29, 0.717) is 17.4 Å². The summed E-state index contributed by atoms with van der Waals surface area (Å²) < 4.78 is 0. The number of carbonyl (C=O) groups is 1. The topological polar surface area (TPSA) is 61.9 Å². The highest BCUT2D eigenvalue weighted by Gasteiger charge is 2.30. The fourth-order valence-corrected chi connectivity index (χ4v) is 3.66. The molecular weight excluding hydrogens is 324 g/mol. The molecule has 1 aromatic carbocycles. The summed E-state index contributed by atoms with van der Waals surface area (Å²) in [6, 6.07) is 7.58. The van der Waals surface area contributed by atoms with E-state index in [1.54, 1.807) is 12.3 Å². The third-order valence-corrected chi connectivity index (χ3v) is 4.86. The van der Waals surface area contributed by atoms with Gasteiger partial charge in [-0.1, -0.05) is 17.7 Å². The van der Waals surface area contributed by atoms with Crippen molar-refractivity contribution >= 4 is 28.5 Å². The van der Waals surface area contributed by atoms with Crippen LogP contribution in [-0.4, -0.2) is 32.3 Å². The number of aryl methyl sites for hydroxylation is 1. The molecule has 1 aliphatic heterocycles. The maximum absolute atomic E-state index is 13.0. The van der Waals surface area contributed by atoms with Gasteiger partial charge in [-0.05, 0) is 43.2 Å². The van der Waals surface area contributed by atoms with E-state index in [0.717, 1.165) is 34.3 Å². The summed E-state index contributed by atoms with van der Waals surface area (Å²) in [6.45, 7) is 4.61. The van der Waals surface area contributed by atoms with Crippen LogP contribution >= 0.6 is 11.6 Å². The molecule has 0 radical (unpaired) electrons. The van der Waals surface area contributed by atoms with E-state index < -0.39 is 0 Å². The summed E-state index contributed by atoms with van der Waals surface area (Å²) in [5.41, 5.74) is 4.70. The first-order chi connectivity index (χ1) is 11.5. The predicted molar refractivity (Wildman–Crippen MR) is 93.2 cm³/mol. The molecule has 1 aliphatic rings. The molecule has 2 aromatic heterocycles. The van der Waals surface area contributed by atoms with E-state index >= 15 is 0 Å². The van der Waals surface area contributed by atoms with Crippen LogP contribution in [0.15, 0.2) is 30.5 Å². The Labute approximate surface area is 144 Å². The molecule has 5 nitrogen and oxygen atoms in total. The minimum Gasteiger partial charge on any atom is -0.334 e. The standard InChI is InChI=1S/C18H17ClN4O/c1-10-8-12(19)9-15-16(10)22-17(21-15)18(24)23-7-5-14-13(11(23)2)4-3-6-20-14/h3-4,6,8-9,11H,5,7H2,1-2H3,(H,21,22)/t11-/m1/s1. The molecule has 1 N–H and O–H groups in total. The number of nitrogens with one attached hydrogen (secondary N) is 1. The van der Waals surface area contributed by atoms with Gasteiger partial charge in [-0.15, -0.1) is 0 Å². The molecule has 3 heterocycles. The van der Waals surface area contributed by atoms with Crippen LogP contribution in [-0.2, 0) is 6.42 Å². The number of halogens is 1. The van der Waals surface area contributed by atoms with E-state index in [-0.39, 0.29) is 11.9 Å². The predicted octanol–water partition coefficient (Wildman–Crippen LogP) is 3.68. The van der Waals surface area contributed by atoms with Gasteiger partial charge in [-0.3, -0.25) is 9.78 Å². The Hall–Kier alpha value is -2.40. The molecule has 0 spiro atoms. The Kier molecular flexibility index (Phi) is 3.53. The summed E-state index contributed by atoms with van der Waals surface area (Å²) in [6.07, 6.45) is 2.56. The number of aromatic amines is 1. The number of amides is 1. The first-order valence-electron chi connectivity index (χ1n) is 7.95. The molecule has 0 bridgehead atoms. The van der Waals surface area contributed by atoms with Gasteiger partial charge >= 0.3 is 0 Å². The maximum atomic E-state index is 13.0. The van der Waals surface area contributed by atoms with Crippen molar-refractivity contribution in [1.82, 2.24) is 19.9 Å². The summed E-state index contributed by atoms with van der Waals surface area (Å²) in [5.74, 6) is 0.262. The van der Waals surface area contributed by atoms with Gasteiger partial charge in [0.15, 0.2) is 5.82 Å². The number of rotatable bonds is 1. The largest absolute Gasteiger partial charge is 0.334 e. The first kappa shape index (κ1) is 15.1. The number of H-pyrrole nitrogens is 1. The molecule has 1 atom stereocenters. The van der Waals surface area contributed by atoms with Crippen molar-refractivity contribution in [2.75, 3.05) is 6.54 Å². The molecule has 0 saturated heterocycles. The second kappa shape index (κ2) is 5.60. The zero-order chi connectivity index (χ0) is 16.8. The number of hydrogen-bond acceptors (Lipinski definition) is 3. The van der Waals surface area contributed by atoms with Gasteiger partial charge in [0.25, 0.3) is 5.91 Å². The van der Waals surface area contributed by atoms with Crippen LogP contribution in [0.5, 0.6) is 0 Å². The number of aromatic nitrogens is 3. The molecule has 1 amide bonds. The fourth-order valence-electron chi connectivity index (χ4n) is 3.39. The second-order valence-corrected chi connectivity index (χ2v) is 6.60. The van der Waals surface area contributed by atoms with E-state index in [1.165, 1.54) is 0 Å². The van der Waals surface area contributed by atoms with Crippen molar-refractivity contribution in [2.24, 2.45) is 0 Å². The highest BCUT2D eigenvalue weighted by Crippen LogP contribution is 2.29. The number of fused-ring (bicyclic) bond motifs is 2. The zero-order valence-electron chi connectivity index (χ0n) is 13.5. The molecule has 4 rings (SSSR count). The summed E-state index contributed by atoms with van der Waals surface area (Å²) in [4.78, 5) is 26.8. The van der Waals surface area contributed by atoms with Crippen LogP contribution in [0.4, 0.5) is 0 Å². The number of nitrogens with zero attached hydrogens (tertiary/aromatic N) is 3. The van der Waals surface area contributed by atoms with Crippen molar-refractivity contribution in [2.45, 2.75) is 26.3 Å². The van der Waals surface area contributed by atoms with E-state index in [1.807, 2.05) is 36.9 Å². The third kappa shape index (κ3) is 2.36. The van der Waals surface area contributed by atoms with Gasteiger partial charge in [-0.2, -0.15) is 0 Å². The van der Waals surface area contributed by atoms with Gasteiger partial charge in [0.1, 0.15) is 0 Å². The average Bonchev–Trinajstić information content (AvgIpc) is 2.99. The molecule has 0 unspecified atom stereocenters. The Morgan fingerprint density at radius 2 is 2.25 bits per heavy atom. The van der Waals surface area contributed by atoms with Crippen LogP contribution in [0.1, 0.15) is 40.4 Å². The minimum atomic E-state index is -0.0938. The number of imidazole rings is 1. The van der Waals surface area contributed by atoms with Gasteiger partial charge in [0.05, 0.1) is 17.1 Å². The lowest BCUT2D eigenvalue weighted by Crippen LogP contribution is -2.39. The molecular formula is C18H17ClN4O. The van der Waals surface area contributed by atoms with Crippen molar-refractivity contribution in [3.8, 4) is 0 Å². The number of benzene rings is 1. The fraction of sp³-hybridized carbons (Fsp3) is 0.278. The van der Waals surface area contributed by atoms with Crippen LogP contribution in [0.2, 0.25) is 5.02 Å². The molecule has 0 saturated carbocycles. The van der Waals surface area contributed by atoms with Crippen LogP contribution in [0.3, 0.4) is 0 Å². The Morgan fingerprint density at radius 1 is 1.42 bits per heavy atom. The number of hydrogen-bond donors (Lipinski definition) is 1. The van der Waals surface area contributed by atoms with Crippen molar-refractivity contribution in [3.63, 3.8) is 0 Å². The van der Waals surface area contributed by atoms with E-state index in [2.05, 4.69) is 15.0 Å². The van der Waals surface area contributed by atoms with Crippen LogP contribution < -0.4 is 0 Å². The van der Waals surface area contributed by atoms with Gasteiger partial charge in [0, 0.05) is 29.9 Å².